The molecule has 0 fully saturated rings. The van der Waals surface area contributed by atoms with Crippen LogP contribution < -0.4 is 5.32 Å². The maximum atomic E-state index is 12.0. The van der Waals surface area contributed by atoms with Gasteiger partial charge in [-0.25, -0.2) is 4.98 Å². The van der Waals surface area contributed by atoms with E-state index in [0.29, 0.717) is 16.1 Å². The molecule has 0 aromatic carbocycles. The lowest BCUT2D eigenvalue weighted by molar-refractivity contribution is -0.116. The zero-order valence-corrected chi connectivity index (χ0v) is 13.6. The normalized spacial score (nSPS) is 17.6. The highest BCUT2D eigenvalue weighted by atomic mass is 35.5. The summed E-state index contributed by atoms with van der Waals surface area (Å²) in [7, 11) is 0. The molecule has 1 amide bonds. The van der Waals surface area contributed by atoms with Crippen LogP contribution in [0.25, 0.3) is 0 Å². The Hall–Kier alpha value is -1.40. The minimum absolute atomic E-state index is 0.131. The molecular formula is C14H17ClN4OS. The molecule has 1 unspecified atom stereocenters. The molecule has 0 radical (unpaired) electrons. The zero-order chi connectivity index (χ0) is 15.0. The highest BCUT2D eigenvalue weighted by Gasteiger charge is 2.20. The molecular weight excluding hydrogens is 308 g/mol. The van der Waals surface area contributed by atoms with Gasteiger partial charge in [0, 0.05) is 11.1 Å². The van der Waals surface area contributed by atoms with E-state index in [9.17, 15) is 4.79 Å². The number of nitrogens with one attached hydrogen (secondary N) is 1. The van der Waals surface area contributed by atoms with E-state index in [1.54, 1.807) is 22.2 Å². The molecule has 2 aromatic heterocycles. The van der Waals surface area contributed by atoms with Crippen LogP contribution in [0, 0.1) is 12.8 Å². The van der Waals surface area contributed by atoms with E-state index in [4.69, 9.17) is 11.6 Å². The molecule has 0 aliphatic heterocycles. The molecule has 7 heteroatoms. The SMILES string of the molecule is Cc1nn(CC(=O)Nc2nc3c(s2)CC(C)CC3)cc1Cl. The molecule has 0 saturated carbocycles. The number of nitrogens with zero attached hydrogens (tertiary/aromatic N) is 3. The Bertz CT molecular complexity index is 659. The average molecular weight is 325 g/mol. The van der Waals surface area contributed by atoms with Crippen molar-refractivity contribution in [3.63, 3.8) is 0 Å². The van der Waals surface area contributed by atoms with Crippen molar-refractivity contribution in [2.24, 2.45) is 5.92 Å². The van der Waals surface area contributed by atoms with Gasteiger partial charge in [-0.15, -0.1) is 11.3 Å². The standard InChI is InChI=1S/C14H17ClN4OS/c1-8-3-4-11-12(5-8)21-14(16-11)17-13(20)7-19-6-10(15)9(2)18-19/h6,8H,3-5,7H2,1-2H3,(H,16,17,20). The summed E-state index contributed by atoms with van der Waals surface area (Å²) in [6, 6.07) is 0. The first-order valence-corrected chi connectivity index (χ1v) is 8.18. The quantitative estimate of drug-likeness (QED) is 0.944. The third kappa shape index (κ3) is 3.27. The monoisotopic (exact) mass is 324 g/mol. The number of hydrogen-bond donors (Lipinski definition) is 1. The third-order valence-corrected chi connectivity index (χ3v) is 5.03. The number of carbonyl (C=O) groups excluding carboxylic acids is 1. The summed E-state index contributed by atoms with van der Waals surface area (Å²) in [6.45, 7) is 4.21. The second-order valence-electron chi connectivity index (χ2n) is 5.55. The van der Waals surface area contributed by atoms with Gasteiger partial charge in [-0.2, -0.15) is 5.10 Å². The van der Waals surface area contributed by atoms with Gasteiger partial charge in [0.15, 0.2) is 5.13 Å². The van der Waals surface area contributed by atoms with Crippen LogP contribution in [-0.2, 0) is 24.2 Å². The first-order chi connectivity index (χ1) is 10.0. The molecule has 2 aromatic rings. The lowest BCUT2D eigenvalue weighted by Crippen LogP contribution is -2.19. The maximum Gasteiger partial charge on any atom is 0.247 e. The lowest BCUT2D eigenvalue weighted by Gasteiger charge is -2.15. The molecule has 0 bridgehead atoms. The van der Waals surface area contributed by atoms with Crippen molar-refractivity contribution in [2.75, 3.05) is 5.32 Å². The minimum Gasteiger partial charge on any atom is -0.300 e. The van der Waals surface area contributed by atoms with Gasteiger partial charge in [0.1, 0.15) is 6.54 Å². The number of aryl methyl sites for hydroxylation is 2. The first kappa shape index (κ1) is 14.5. The molecule has 1 atom stereocenters. The van der Waals surface area contributed by atoms with Gasteiger partial charge in [0.2, 0.25) is 5.91 Å². The highest BCUT2D eigenvalue weighted by Crippen LogP contribution is 2.32. The predicted octanol–water partition coefficient (Wildman–Crippen LogP) is 3.06. The van der Waals surface area contributed by atoms with E-state index in [0.717, 1.165) is 24.2 Å². The van der Waals surface area contributed by atoms with Crippen molar-refractivity contribution in [2.45, 2.75) is 39.7 Å². The Morgan fingerprint density at radius 3 is 3.14 bits per heavy atom. The van der Waals surface area contributed by atoms with Crippen LogP contribution in [0.2, 0.25) is 5.02 Å². The number of amides is 1. The Balaban J connectivity index is 1.65. The summed E-state index contributed by atoms with van der Waals surface area (Å²) >= 11 is 7.52. The van der Waals surface area contributed by atoms with E-state index in [2.05, 4.69) is 22.3 Å². The second-order valence-corrected chi connectivity index (χ2v) is 7.04. The number of carbonyl (C=O) groups is 1. The number of halogens is 1. The van der Waals surface area contributed by atoms with Crippen LogP contribution in [-0.4, -0.2) is 20.7 Å². The van der Waals surface area contributed by atoms with Gasteiger partial charge in [-0.05, 0) is 32.1 Å². The number of fused-ring (bicyclic) bond motifs is 1. The Morgan fingerprint density at radius 1 is 1.62 bits per heavy atom. The number of aromatic nitrogens is 3. The van der Waals surface area contributed by atoms with Crippen molar-refractivity contribution in [3.8, 4) is 0 Å². The zero-order valence-electron chi connectivity index (χ0n) is 12.0. The van der Waals surface area contributed by atoms with Crippen LogP contribution in [0.4, 0.5) is 5.13 Å². The molecule has 5 nitrogen and oxygen atoms in total. The number of thiazole rings is 1. The highest BCUT2D eigenvalue weighted by molar-refractivity contribution is 7.15. The molecule has 21 heavy (non-hydrogen) atoms. The summed E-state index contributed by atoms with van der Waals surface area (Å²) < 4.78 is 1.54. The third-order valence-electron chi connectivity index (χ3n) is 3.62. The van der Waals surface area contributed by atoms with Crippen LogP contribution in [0.5, 0.6) is 0 Å². The van der Waals surface area contributed by atoms with E-state index < -0.39 is 0 Å². The van der Waals surface area contributed by atoms with Crippen molar-refractivity contribution >= 4 is 34.0 Å². The van der Waals surface area contributed by atoms with Gasteiger partial charge in [-0.3, -0.25) is 9.48 Å². The fourth-order valence-corrected chi connectivity index (χ4v) is 3.81. The van der Waals surface area contributed by atoms with Gasteiger partial charge >= 0.3 is 0 Å². The molecule has 1 aliphatic rings. The van der Waals surface area contributed by atoms with Gasteiger partial charge in [0.25, 0.3) is 0 Å². The van der Waals surface area contributed by atoms with Crippen LogP contribution in [0.1, 0.15) is 29.6 Å². The summed E-state index contributed by atoms with van der Waals surface area (Å²) in [4.78, 5) is 17.9. The van der Waals surface area contributed by atoms with Crippen molar-refractivity contribution in [1.82, 2.24) is 14.8 Å². The van der Waals surface area contributed by atoms with Crippen molar-refractivity contribution in [1.29, 1.82) is 0 Å². The fraction of sp³-hybridized carbons (Fsp3) is 0.500. The van der Waals surface area contributed by atoms with E-state index in [1.807, 2.05) is 6.92 Å². The smallest absolute Gasteiger partial charge is 0.247 e. The number of hydrogen-bond acceptors (Lipinski definition) is 4. The maximum absolute atomic E-state index is 12.0. The summed E-state index contributed by atoms with van der Waals surface area (Å²) in [5, 5.41) is 8.29. The van der Waals surface area contributed by atoms with E-state index in [-0.39, 0.29) is 12.5 Å². The van der Waals surface area contributed by atoms with Crippen LogP contribution >= 0.6 is 22.9 Å². The minimum atomic E-state index is -0.131. The van der Waals surface area contributed by atoms with Gasteiger partial charge < -0.3 is 5.32 Å². The molecule has 112 valence electrons. The summed E-state index contributed by atoms with van der Waals surface area (Å²) in [6.07, 6.45) is 4.91. The fourth-order valence-electron chi connectivity index (χ4n) is 2.47. The molecule has 1 aliphatic carbocycles. The topological polar surface area (TPSA) is 59.8 Å². The molecule has 0 saturated heterocycles. The summed E-state index contributed by atoms with van der Waals surface area (Å²) in [5.74, 6) is 0.573. The van der Waals surface area contributed by atoms with Crippen molar-refractivity contribution < 1.29 is 4.79 Å². The van der Waals surface area contributed by atoms with Gasteiger partial charge in [-0.1, -0.05) is 18.5 Å². The van der Waals surface area contributed by atoms with Crippen molar-refractivity contribution in [3.05, 3.63) is 27.5 Å². The largest absolute Gasteiger partial charge is 0.300 e. The Morgan fingerprint density at radius 2 is 2.43 bits per heavy atom. The second kappa shape index (κ2) is 5.77. The predicted molar refractivity (Wildman–Crippen MR) is 83.9 cm³/mol. The molecule has 1 N–H and O–H groups in total. The number of rotatable bonds is 3. The Kier molecular flexibility index (Phi) is 3.99. The first-order valence-electron chi connectivity index (χ1n) is 6.99. The number of anilines is 1. The lowest BCUT2D eigenvalue weighted by atomic mass is 9.93. The van der Waals surface area contributed by atoms with Crippen LogP contribution in [0.15, 0.2) is 6.20 Å². The van der Waals surface area contributed by atoms with E-state index in [1.165, 1.54) is 11.3 Å². The average Bonchev–Trinajstić information content (AvgIpc) is 2.92. The van der Waals surface area contributed by atoms with Crippen LogP contribution in [0.3, 0.4) is 0 Å². The molecule has 3 rings (SSSR count). The van der Waals surface area contributed by atoms with E-state index >= 15 is 0 Å². The molecule has 2 heterocycles. The Labute approximate surface area is 132 Å². The van der Waals surface area contributed by atoms with Gasteiger partial charge in [0.05, 0.1) is 16.4 Å². The summed E-state index contributed by atoms with van der Waals surface area (Å²) in [5.41, 5.74) is 1.87. The molecule has 0 spiro atoms.